The molecule has 1 N–H and O–H groups in total. The first-order valence-electron chi connectivity index (χ1n) is 5.28. The molecule has 0 radical (unpaired) electrons. The summed E-state index contributed by atoms with van der Waals surface area (Å²) in [5.74, 6) is 0.433. The molecule has 0 amide bonds. The van der Waals surface area contributed by atoms with Gasteiger partial charge in [-0.2, -0.15) is 0 Å². The Hall–Kier alpha value is 0.160. The van der Waals surface area contributed by atoms with Gasteiger partial charge < -0.3 is 9.84 Å². The molecule has 0 fully saturated rings. The summed E-state index contributed by atoms with van der Waals surface area (Å²) < 4.78 is 6.54. The van der Waals surface area contributed by atoms with E-state index in [4.69, 9.17) is 56.2 Å². The van der Waals surface area contributed by atoms with Crippen LogP contribution in [0.15, 0.2) is 33.2 Å². The van der Waals surface area contributed by atoms with Gasteiger partial charge in [0.25, 0.3) is 0 Å². The van der Waals surface area contributed by atoms with E-state index in [0.717, 1.165) is 8.95 Å². The molecule has 8 heteroatoms. The average molecular weight is 498 g/mol. The summed E-state index contributed by atoms with van der Waals surface area (Å²) in [6.07, 6.45) is 0. The number of hydrogen-bond acceptors (Lipinski definition) is 2. The third-order valence-corrected chi connectivity index (χ3v) is 4.20. The van der Waals surface area contributed by atoms with Crippen molar-refractivity contribution in [3.8, 4) is 11.5 Å². The molecule has 0 saturated carbocycles. The van der Waals surface area contributed by atoms with Crippen LogP contribution >= 0.6 is 78.3 Å². The minimum Gasteiger partial charge on any atom is -0.505 e. The van der Waals surface area contributed by atoms with Gasteiger partial charge in [0.1, 0.15) is 0 Å². The topological polar surface area (TPSA) is 29.5 Å². The maximum Gasteiger partial charge on any atom is 0.156 e. The second-order valence-corrected chi connectivity index (χ2v) is 7.08. The third-order valence-electron chi connectivity index (χ3n) is 2.15. The summed E-state index contributed by atoms with van der Waals surface area (Å²) in [7, 11) is 1.53. The first-order chi connectivity index (χ1) is 9.76. The van der Waals surface area contributed by atoms with Gasteiger partial charge in [0.15, 0.2) is 11.5 Å². The molecular weight excluding hydrogens is 490 g/mol. The molecule has 0 aliphatic carbocycles. The first-order valence-corrected chi connectivity index (χ1v) is 8.38. The molecule has 2 nitrogen and oxygen atoms in total. The van der Waals surface area contributed by atoms with E-state index in [1.807, 2.05) is 0 Å². The van der Waals surface area contributed by atoms with Crippen LogP contribution in [0.4, 0.5) is 0 Å². The first kappa shape index (κ1) is 19.2. The molecule has 2 aromatic carbocycles. The van der Waals surface area contributed by atoms with Gasteiger partial charge in [0.2, 0.25) is 0 Å². The molecule has 21 heavy (non-hydrogen) atoms. The second kappa shape index (κ2) is 8.70. The van der Waals surface area contributed by atoms with Crippen molar-refractivity contribution in [2.24, 2.45) is 0 Å². The Kier molecular flexibility index (Phi) is 7.96. The lowest BCUT2D eigenvalue weighted by molar-refractivity contribution is 0.415. The van der Waals surface area contributed by atoms with Crippen molar-refractivity contribution in [1.29, 1.82) is 0 Å². The minimum atomic E-state index is -0.0773. The van der Waals surface area contributed by atoms with Crippen molar-refractivity contribution in [2.45, 2.75) is 0 Å². The van der Waals surface area contributed by atoms with E-state index in [1.165, 1.54) is 7.11 Å². The summed E-state index contributed by atoms with van der Waals surface area (Å²) in [5.41, 5.74) is 0. The summed E-state index contributed by atoms with van der Waals surface area (Å²) in [4.78, 5) is 0. The van der Waals surface area contributed by atoms with Crippen molar-refractivity contribution in [1.82, 2.24) is 0 Å². The lowest BCUT2D eigenvalue weighted by Gasteiger charge is -2.04. The van der Waals surface area contributed by atoms with Gasteiger partial charge in [-0.3, -0.25) is 0 Å². The number of ether oxygens (including phenoxy) is 1. The monoisotopic (exact) mass is 494 g/mol. The molecule has 0 spiro atoms. The number of hydrogen-bond donors (Lipinski definition) is 1. The van der Waals surface area contributed by atoms with Gasteiger partial charge in [-0.05, 0) is 24.3 Å². The van der Waals surface area contributed by atoms with Crippen molar-refractivity contribution in [3.63, 3.8) is 0 Å². The Morgan fingerprint density at radius 3 is 1.48 bits per heavy atom. The van der Waals surface area contributed by atoms with Crippen molar-refractivity contribution >= 4 is 78.3 Å². The number of benzene rings is 2. The van der Waals surface area contributed by atoms with Crippen LogP contribution in [0.3, 0.4) is 0 Å². The Balaban J connectivity index is 0.000000211. The van der Waals surface area contributed by atoms with E-state index in [-0.39, 0.29) is 15.8 Å². The maximum atomic E-state index is 9.05. The van der Waals surface area contributed by atoms with Gasteiger partial charge >= 0.3 is 0 Å². The van der Waals surface area contributed by atoms with E-state index in [9.17, 15) is 0 Å². The molecule has 114 valence electrons. The molecule has 0 heterocycles. The van der Waals surface area contributed by atoms with Crippen LogP contribution < -0.4 is 4.74 Å². The molecule has 0 unspecified atom stereocenters. The van der Waals surface area contributed by atoms with Crippen LogP contribution in [0.5, 0.6) is 11.5 Å². The Labute approximate surface area is 159 Å². The van der Waals surface area contributed by atoms with Gasteiger partial charge in [0, 0.05) is 8.95 Å². The lowest BCUT2D eigenvalue weighted by Crippen LogP contribution is -1.84. The van der Waals surface area contributed by atoms with Gasteiger partial charge in [-0.15, -0.1) is 0 Å². The zero-order valence-corrected chi connectivity index (χ0v) is 16.6. The van der Waals surface area contributed by atoms with Gasteiger partial charge in [0.05, 0.1) is 27.2 Å². The predicted molar refractivity (Wildman–Crippen MR) is 96.5 cm³/mol. The fourth-order valence-electron chi connectivity index (χ4n) is 1.26. The molecular formula is C13H8Br2Cl4O2. The highest BCUT2D eigenvalue weighted by atomic mass is 79.9. The van der Waals surface area contributed by atoms with Crippen LogP contribution in [0.25, 0.3) is 0 Å². The van der Waals surface area contributed by atoms with Gasteiger partial charge in [-0.1, -0.05) is 78.3 Å². The highest BCUT2D eigenvalue weighted by Gasteiger charge is 2.06. The normalized spacial score (nSPS) is 9.86. The van der Waals surface area contributed by atoms with Crippen LogP contribution in [0, 0.1) is 0 Å². The molecule has 2 aromatic rings. The minimum absolute atomic E-state index is 0.0773. The van der Waals surface area contributed by atoms with Crippen molar-refractivity contribution in [3.05, 3.63) is 53.3 Å². The zero-order valence-electron chi connectivity index (χ0n) is 10.4. The number of rotatable bonds is 1. The number of phenols is 1. The molecule has 0 aliphatic rings. The molecule has 0 aromatic heterocycles. The van der Waals surface area contributed by atoms with Crippen molar-refractivity contribution in [2.75, 3.05) is 7.11 Å². The maximum absolute atomic E-state index is 9.05. The zero-order chi connectivity index (χ0) is 16.2. The smallest absolute Gasteiger partial charge is 0.156 e. The SMILES string of the molecule is COc1c(Cl)cc(Br)cc1Cl.Oc1c(Cl)cc(Br)cc1Cl. The highest BCUT2D eigenvalue weighted by Crippen LogP contribution is 2.35. The summed E-state index contributed by atoms with van der Waals surface area (Å²) in [5, 5.41) is 10.6. The quantitative estimate of drug-likeness (QED) is 0.450. The molecule has 0 bridgehead atoms. The van der Waals surface area contributed by atoms with E-state index in [0.29, 0.717) is 15.8 Å². The van der Waals surface area contributed by atoms with Crippen LogP contribution in [-0.4, -0.2) is 12.2 Å². The van der Waals surface area contributed by atoms with Gasteiger partial charge in [-0.25, -0.2) is 0 Å². The van der Waals surface area contributed by atoms with Crippen molar-refractivity contribution < 1.29 is 9.84 Å². The largest absolute Gasteiger partial charge is 0.505 e. The molecule has 2 rings (SSSR count). The summed E-state index contributed by atoms with van der Waals surface area (Å²) in [6.45, 7) is 0. The average Bonchev–Trinajstić information content (AvgIpc) is 2.36. The lowest BCUT2D eigenvalue weighted by atomic mass is 10.3. The van der Waals surface area contributed by atoms with Crippen LogP contribution in [-0.2, 0) is 0 Å². The Morgan fingerprint density at radius 2 is 1.14 bits per heavy atom. The molecule has 0 atom stereocenters. The highest BCUT2D eigenvalue weighted by molar-refractivity contribution is 9.10. The van der Waals surface area contributed by atoms with Crippen LogP contribution in [0.2, 0.25) is 20.1 Å². The second-order valence-electron chi connectivity index (χ2n) is 3.62. The summed E-state index contributed by atoms with van der Waals surface area (Å²) >= 11 is 29.1. The standard InChI is InChI=1S/C7H5BrCl2O.C6H3BrCl2O/c1-11-7-5(9)2-4(8)3-6(7)10;7-3-1-4(8)6(10)5(9)2-3/h2-3H,1H3;1-2,10H. The molecule has 0 aliphatic heterocycles. The van der Waals surface area contributed by atoms with E-state index in [1.54, 1.807) is 24.3 Å². The Bertz CT molecular complexity index is 604. The summed E-state index contributed by atoms with van der Waals surface area (Å²) in [6, 6.07) is 6.60. The predicted octanol–water partition coefficient (Wildman–Crippen LogP) is 7.23. The Morgan fingerprint density at radius 1 is 0.810 bits per heavy atom. The number of phenolic OH excluding ortho intramolecular Hbond substituents is 1. The fraction of sp³-hybridized carbons (Fsp3) is 0.0769. The number of methoxy groups -OCH3 is 1. The van der Waals surface area contributed by atoms with E-state index >= 15 is 0 Å². The number of aromatic hydroxyl groups is 1. The van der Waals surface area contributed by atoms with E-state index in [2.05, 4.69) is 31.9 Å². The van der Waals surface area contributed by atoms with Crippen LogP contribution in [0.1, 0.15) is 0 Å². The number of halogens is 6. The third kappa shape index (κ3) is 5.70. The fourth-order valence-corrected chi connectivity index (χ4v) is 3.83. The van der Waals surface area contributed by atoms with E-state index < -0.39 is 0 Å². The molecule has 0 saturated heterocycles.